The number of aryl methyl sites for hydroxylation is 2. The van der Waals surface area contributed by atoms with E-state index in [1.165, 1.54) is 40.0 Å². The van der Waals surface area contributed by atoms with Crippen LogP contribution in [0.5, 0.6) is 0 Å². The van der Waals surface area contributed by atoms with Gasteiger partial charge in [-0.15, -0.1) is 11.3 Å². The molecule has 2 aromatic carbocycles. The van der Waals surface area contributed by atoms with Gasteiger partial charge in [0.25, 0.3) is 11.8 Å². The lowest BCUT2D eigenvalue weighted by molar-refractivity contribution is -0.139. The van der Waals surface area contributed by atoms with Gasteiger partial charge in [0.15, 0.2) is 0 Å². The second kappa shape index (κ2) is 8.51. The molecule has 0 saturated carbocycles. The predicted octanol–water partition coefficient (Wildman–Crippen LogP) is 3.67. The lowest BCUT2D eigenvalue weighted by Crippen LogP contribution is -2.30. The number of hydrogen-bond acceptors (Lipinski definition) is 5. The summed E-state index contributed by atoms with van der Waals surface area (Å²) in [6.07, 6.45) is 1.92. The molecule has 0 spiro atoms. The van der Waals surface area contributed by atoms with E-state index >= 15 is 0 Å². The summed E-state index contributed by atoms with van der Waals surface area (Å²) in [7, 11) is 1.26. The number of benzene rings is 2. The van der Waals surface area contributed by atoms with Crippen molar-refractivity contribution in [2.75, 3.05) is 19.0 Å². The number of carbonyl (C=O) groups is 3. The molecule has 0 saturated heterocycles. The first-order chi connectivity index (χ1) is 14.5. The summed E-state index contributed by atoms with van der Waals surface area (Å²) in [6.45, 7) is -0.194. The van der Waals surface area contributed by atoms with Crippen molar-refractivity contribution in [3.63, 3.8) is 0 Å². The Morgan fingerprint density at radius 2 is 1.70 bits per heavy atom. The number of fused-ring (bicyclic) bond motifs is 3. The lowest BCUT2D eigenvalue weighted by atomic mass is 9.91. The van der Waals surface area contributed by atoms with E-state index in [-0.39, 0.29) is 18.4 Å². The molecular weight excluding hydrogens is 400 g/mol. The summed E-state index contributed by atoms with van der Waals surface area (Å²) >= 11 is 1.50. The van der Waals surface area contributed by atoms with E-state index in [1.807, 2.05) is 18.2 Å². The Hall–Kier alpha value is -3.45. The Morgan fingerprint density at radius 1 is 0.967 bits per heavy atom. The van der Waals surface area contributed by atoms with Crippen LogP contribution in [0.2, 0.25) is 0 Å². The van der Waals surface area contributed by atoms with Gasteiger partial charge in [-0.3, -0.25) is 14.4 Å². The van der Waals surface area contributed by atoms with E-state index in [4.69, 9.17) is 0 Å². The molecule has 0 fully saturated rings. The zero-order valence-electron chi connectivity index (χ0n) is 16.4. The average Bonchev–Trinajstić information content (AvgIpc) is 3.23. The van der Waals surface area contributed by atoms with Crippen molar-refractivity contribution in [1.29, 1.82) is 0 Å². The standard InChI is InChI=1S/C23H20N2O4S/c1-29-20(26)13-24-22(27)15-8-10-17(11-9-15)25-23(28)19-12-16-7-6-14-4-2-3-5-18(14)21(16)30-19/h2-5,8-12H,6-7,13H2,1H3,(H,24,27)(H,25,28). The topological polar surface area (TPSA) is 84.5 Å². The van der Waals surface area contributed by atoms with Gasteiger partial charge in [-0.2, -0.15) is 0 Å². The maximum absolute atomic E-state index is 12.7. The second-order valence-corrected chi connectivity index (χ2v) is 7.96. The van der Waals surface area contributed by atoms with Crippen LogP contribution in [-0.2, 0) is 22.4 Å². The van der Waals surface area contributed by atoms with Crippen molar-refractivity contribution in [3.05, 3.63) is 76.2 Å². The van der Waals surface area contributed by atoms with Crippen molar-refractivity contribution in [3.8, 4) is 10.4 Å². The van der Waals surface area contributed by atoms with E-state index in [0.717, 1.165) is 12.8 Å². The molecule has 0 radical (unpaired) electrons. The van der Waals surface area contributed by atoms with Crippen LogP contribution in [0.25, 0.3) is 10.4 Å². The number of esters is 1. The molecule has 30 heavy (non-hydrogen) atoms. The summed E-state index contributed by atoms with van der Waals surface area (Å²) in [6, 6.07) is 16.8. The van der Waals surface area contributed by atoms with Crippen molar-refractivity contribution >= 4 is 34.8 Å². The Kier molecular flexibility index (Phi) is 5.63. The predicted molar refractivity (Wildman–Crippen MR) is 116 cm³/mol. The van der Waals surface area contributed by atoms with Crippen molar-refractivity contribution in [2.45, 2.75) is 12.8 Å². The number of hydrogen-bond donors (Lipinski definition) is 2. The monoisotopic (exact) mass is 420 g/mol. The number of carbonyl (C=O) groups excluding carboxylic acids is 3. The first-order valence-electron chi connectivity index (χ1n) is 9.52. The number of thiophene rings is 1. The molecule has 4 rings (SSSR count). The minimum absolute atomic E-state index is 0.172. The molecule has 6 nitrogen and oxygen atoms in total. The highest BCUT2D eigenvalue weighted by Gasteiger charge is 2.21. The average molecular weight is 420 g/mol. The van der Waals surface area contributed by atoms with Gasteiger partial charge in [0.05, 0.1) is 12.0 Å². The van der Waals surface area contributed by atoms with Crippen LogP contribution in [0, 0.1) is 0 Å². The van der Waals surface area contributed by atoms with E-state index in [0.29, 0.717) is 16.1 Å². The Balaban J connectivity index is 1.43. The van der Waals surface area contributed by atoms with Crippen LogP contribution in [-0.4, -0.2) is 31.4 Å². The number of ether oxygens (including phenoxy) is 1. The molecule has 1 aliphatic rings. The van der Waals surface area contributed by atoms with Crippen molar-refractivity contribution in [2.24, 2.45) is 0 Å². The first kappa shape index (κ1) is 19.8. The van der Waals surface area contributed by atoms with Crippen LogP contribution in [0.4, 0.5) is 5.69 Å². The molecule has 0 bridgehead atoms. The summed E-state index contributed by atoms with van der Waals surface area (Å²) in [5.41, 5.74) is 4.72. The molecule has 0 atom stereocenters. The van der Waals surface area contributed by atoms with Crippen LogP contribution in [0.3, 0.4) is 0 Å². The number of amides is 2. The fraction of sp³-hybridized carbons (Fsp3) is 0.174. The number of methoxy groups -OCH3 is 1. The Bertz CT molecular complexity index is 1120. The maximum atomic E-state index is 12.7. The van der Waals surface area contributed by atoms with Gasteiger partial charge in [0.1, 0.15) is 6.54 Å². The quantitative estimate of drug-likeness (QED) is 0.617. The normalized spacial score (nSPS) is 11.8. The van der Waals surface area contributed by atoms with Crippen LogP contribution < -0.4 is 10.6 Å². The van der Waals surface area contributed by atoms with Crippen LogP contribution >= 0.6 is 11.3 Å². The lowest BCUT2D eigenvalue weighted by Gasteiger charge is -2.15. The Labute approximate surface area is 177 Å². The molecule has 7 heteroatoms. The minimum atomic E-state index is -0.520. The maximum Gasteiger partial charge on any atom is 0.325 e. The molecule has 1 aliphatic carbocycles. The fourth-order valence-electron chi connectivity index (χ4n) is 3.41. The second-order valence-electron chi connectivity index (χ2n) is 6.91. The number of rotatable bonds is 5. The van der Waals surface area contributed by atoms with Crippen LogP contribution in [0.1, 0.15) is 31.2 Å². The van der Waals surface area contributed by atoms with Gasteiger partial charge in [-0.05, 0) is 59.9 Å². The van der Waals surface area contributed by atoms with Crippen molar-refractivity contribution in [1.82, 2.24) is 5.32 Å². The minimum Gasteiger partial charge on any atom is -0.468 e. The van der Waals surface area contributed by atoms with Gasteiger partial charge in [0.2, 0.25) is 0 Å². The molecule has 1 heterocycles. The summed E-state index contributed by atoms with van der Waals surface area (Å²) in [4.78, 5) is 37.7. The highest BCUT2D eigenvalue weighted by Crippen LogP contribution is 2.39. The molecular formula is C23H20N2O4S. The summed E-state index contributed by atoms with van der Waals surface area (Å²) in [5.74, 6) is -1.08. The highest BCUT2D eigenvalue weighted by atomic mass is 32.1. The van der Waals surface area contributed by atoms with E-state index in [2.05, 4.69) is 27.5 Å². The molecule has 3 aromatic rings. The van der Waals surface area contributed by atoms with Crippen molar-refractivity contribution < 1.29 is 19.1 Å². The van der Waals surface area contributed by atoms with E-state index in [9.17, 15) is 14.4 Å². The molecule has 0 aliphatic heterocycles. The SMILES string of the molecule is COC(=O)CNC(=O)c1ccc(NC(=O)c2cc3c(s2)-c2ccccc2CC3)cc1. The van der Waals surface area contributed by atoms with Crippen LogP contribution in [0.15, 0.2) is 54.6 Å². The zero-order valence-corrected chi connectivity index (χ0v) is 17.2. The van der Waals surface area contributed by atoms with E-state index in [1.54, 1.807) is 24.3 Å². The van der Waals surface area contributed by atoms with Gasteiger partial charge in [0, 0.05) is 16.1 Å². The molecule has 2 N–H and O–H groups in total. The van der Waals surface area contributed by atoms with Gasteiger partial charge >= 0.3 is 5.97 Å². The molecule has 1 aromatic heterocycles. The molecule has 0 unspecified atom stereocenters. The van der Waals surface area contributed by atoms with E-state index < -0.39 is 5.97 Å². The Morgan fingerprint density at radius 3 is 2.47 bits per heavy atom. The summed E-state index contributed by atoms with van der Waals surface area (Å²) < 4.78 is 4.49. The highest BCUT2D eigenvalue weighted by molar-refractivity contribution is 7.17. The first-order valence-corrected chi connectivity index (χ1v) is 10.3. The third-order valence-corrected chi connectivity index (χ3v) is 6.19. The molecule has 2 amide bonds. The fourth-order valence-corrected chi connectivity index (χ4v) is 4.57. The number of anilines is 1. The third kappa shape index (κ3) is 4.11. The number of nitrogens with one attached hydrogen (secondary N) is 2. The van der Waals surface area contributed by atoms with Gasteiger partial charge in [-0.25, -0.2) is 0 Å². The summed E-state index contributed by atoms with van der Waals surface area (Å²) in [5, 5.41) is 5.35. The van der Waals surface area contributed by atoms with Gasteiger partial charge < -0.3 is 15.4 Å². The third-order valence-electron chi connectivity index (χ3n) is 4.98. The smallest absolute Gasteiger partial charge is 0.325 e. The van der Waals surface area contributed by atoms with Gasteiger partial charge in [-0.1, -0.05) is 24.3 Å². The zero-order chi connectivity index (χ0) is 21.1. The molecule has 152 valence electrons. The largest absolute Gasteiger partial charge is 0.468 e.